The molecule has 0 fully saturated rings. The Kier molecular flexibility index (Phi) is 3.63. The molecule has 0 unspecified atom stereocenters. The summed E-state index contributed by atoms with van der Waals surface area (Å²) in [6.07, 6.45) is 0.457. The molecule has 0 amide bonds. The van der Waals surface area contributed by atoms with E-state index in [4.69, 9.17) is 4.42 Å². The quantitative estimate of drug-likeness (QED) is 0.541. The normalized spacial score (nSPS) is 12.1. The van der Waals surface area contributed by atoms with Crippen molar-refractivity contribution < 1.29 is 17.4 Å². The van der Waals surface area contributed by atoms with Crippen molar-refractivity contribution in [1.82, 2.24) is 0 Å². The zero-order valence-corrected chi connectivity index (χ0v) is 14.4. The summed E-state index contributed by atoms with van der Waals surface area (Å²) < 4.78 is 38.0. The molecule has 1 aromatic heterocycles. The van der Waals surface area contributed by atoms with Crippen LogP contribution in [0.25, 0.3) is 21.7 Å². The minimum Gasteiger partial charge on any atom is -0.460 e. The number of hydrogen-bond donors (Lipinski definition) is 1. The van der Waals surface area contributed by atoms with Crippen LogP contribution in [0.15, 0.2) is 70.0 Å². The fourth-order valence-corrected chi connectivity index (χ4v) is 3.63. The monoisotopic (exact) mass is 352 g/mol. The first kappa shape index (κ1) is 15.9. The molecule has 0 aliphatic rings. The second-order valence-corrected chi connectivity index (χ2v) is 7.58. The van der Waals surface area contributed by atoms with Gasteiger partial charge in [0.1, 0.15) is 11.3 Å². The predicted octanol–water partition coefficient (Wildman–Crippen LogP) is 4.73. The molecule has 0 aliphatic carbocycles. The summed E-state index contributed by atoms with van der Waals surface area (Å²) in [4.78, 5) is -0.102. The van der Waals surface area contributed by atoms with Crippen molar-refractivity contribution in [2.45, 2.75) is 18.2 Å². The van der Waals surface area contributed by atoms with Gasteiger partial charge in [0.25, 0.3) is 10.1 Å². The van der Waals surface area contributed by atoms with E-state index in [-0.39, 0.29) is 4.90 Å². The van der Waals surface area contributed by atoms with Crippen molar-refractivity contribution in [3.05, 3.63) is 77.6 Å². The Balaban J connectivity index is 1.80. The second kappa shape index (κ2) is 5.72. The summed E-state index contributed by atoms with van der Waals surface area (Å²) in [5.41, 5.74) is 2.58. The van der Waals surface area contributed by atoms with E-state index in [9.17, 15) is 13.0 Å². The fraction of sp³-hybridized carbons (Fsp3) is 0.100. The van der Waals surface area contributed by atoms with Crippen molar-refractivity contribution in [1.29, 1.82) is 0 Å². The van der Waals surface area contributed by atoms with Crippen molar-refractivity contribution in [3.8, 4) is 0 Å². The van der Waals surface area contributed by atoms with Crippen LogP contribution in [-0.2, 0) is 16.5 Å². The summed E-state index contributed by atoms with van der Waals surface area (Å²) in [6.45, 7) is 1.90. The average molecular weight is 352 g/mol. The molecule has 0 saturated heterocycles. The van der Waals surface area contributed by atoms with Crippen LogP contribution in [0.1, 0.15) is 16.9 Å². The molecule has 0 aliphatic heterocycles. The molecule has 4 rings (SSSR count). The lowest BCUT2D eigenvalue weighted by Gasteiger charge is -2.06. The van der Waals surface area contributed by atoms with Gasteiger partial charge >= 0.3 is 0 Å². The fourth-order valence-electron chi connectivity index (χ4n) is 3.09. The van der Waals surface area contributed by atoms with E-state index in [0.29, 0.717) is 6.42 Å². The molecule has 0 atom stereocenters. The van der Waals surface area contributed by atoms with Gasteiger partial charge in [-0.1, -0.05) is 42.5 Å². The largest absolute Gasteiger partial charge is 0.460 e. The van der Waals surface area contributed by atoms with Crippen molar-refractivity contribution in [3.63, 3.8) is 0 Å². The third kappa shape index (κ3) is 2.92. The lowest BCUT2D eigenvalue weighted by molar-refractivity contribution is 0.483. The molecule has 0 radical (unpaired) electrons. The van der Waals surface area contributed by atoms with Gasteiger partial charge in [-0.25, -0.2) is 0 Å². The Labute approximate surface area is 145 Å². The number of fused-ring (bicyclic) bond motifs is 3. The molecule has 25 heavy (non-hydrogen) atoms. The second-order valence-electron chi connectivity index (χ2n) is 6.16. The third-order valence-corrected chi connectivity index (χ3v) is 5.29. The lowest BCUT2D eigenvalue weighted by atomic mass is 10.0. The molecule has 5 heteroatoms. The Morgan fingerprint density at radius 3 is 2.52 bits per heavy atom. The highest BCUT2D eigenvalue weighted by Crippen LogP contribution is 2.29. The summed E-state index contributed by atoms with van der Waals surface area (Å²) in [7, 11) is -4.22. The molecule has 1 heterocycles. The van der Waals surface area contributed by atoms with Gasteiger partial charge in [0.15, 0.2) is 0 Å². The molecule has 4 aromatic rings. The Bertz CT molecular complexity index is 1200. The number of aryl methyl sites for hydroxylation is 1. The maximum absolute atomic E-state index is 11.4. The molecule has 1 N–H and O–H groups in total. The van der Waals surface area contributed by atoms with E-state index >= 15 is 0 Å². The van der Waals surface area contributed by atoms with Crippen LogP contribution in [0.2, 0.25) is 0 Å². The minimum absolute atomic E-state index is 0.102. The van der Waals surface area contributed by atoms with Crippen LogP contribution < -0.4 is 0 Å². The van der Waals surface area contributed by atoms with E-state index in [1.807, 2.05) is 43.3 Å². The Morgan fingerprint density at radius 2 is 1.72 bits per heavy atom. The van der Waals surface area contributed by atoms with Crippen molar-refractivity contribution in [2.24, 2.45) is 0 Å². The van der Waals surface area contributed by atoms with Crippen LogP contribution in [0, 0.1) is 6.92 Å². The highest BCUT2D eigenvalue weighted by atomic mass is 32.2. The Morgan fingerprint density at radius 1 is 0.960 bits per heavy atom. The minimum atomic E-state index is -4.22. The van der Waals surface area contributed by atoms with Gasteiger partial charge in [-0.15, -0.1) is 0 Å². The zero-order chi connectivity index (χ0) is 17.6. The van der Waals surface area contributed by atoms with Crippen LogP contribution in [0.4, 0.5) is 0 Å². The van der Waals surface area contributed by atoms with Gasteiger partial charge in [0.05, 0.1) is 4.90 Å². The highest BCUT2D eigenvalue weighted by Gasteiger charge is 2.14. The summed E-state index contributed by atoms with van der Waals surface area (Å²) in [6, 6.07) is 18.7. The maximum Gasteiger partial charge on any atom is 0.294 e. The maximum atomic E-state index is 11.4. The average Bonchev–Trinajstić information content (AvgIpc) is 2.99. The van der Waals surface area contributed by atoms with Crippen LogP contribution >= 0.6 is 0 Å². The first-order valence-electron chi connectivity index (χ1n) is 7.89. The smallest absolute Gasteiger partial charge is 0.294 e. The van der Waals surface area contributed by atoms with Gasteiger partial charge in [-0.3, -0.25) is 4.55 Å². The highest BCUT2D eigenvalue weighted by molar-refractivity contribution is 7.85. The molecule has 126 valence electrons. The summed E-state index contributed by atoms with van der Waals surface area (Å²) in [5, 5.41) is 3.17. The molecular weight excluding hydrogens is 336 g/mol. The predicted molar refractivity (Wildman–Crippen MR) is 97.5 cm³/mol. The van der Waals surface area contributed by atoms with Gasteiger partial charge in [0.2, 0.25) is 0 Å². The van der Waals surface area contributed by atoms with Crippen LogP contribution in [0.5, 0.6) is 0 Å². The van der Waals surface area contributed by atoms with Crippen LogP contribution in [-0.4, -0.2) is 13.0 Å². The number of hydrogen-bond acceptors (Lipinski definition) is 3. The first-order chi connectivity index (χ1) is 11.9. The molecule has 0 bridgehead atoms. The molecule has 3 aromatic carbocycles. The topological polar surface area (TPSA) is 67.5 Å². The number of furan rings is 1. The zero-order valence-electron chi connectivity index (χ0n) is 13.6. The van der Waals surface area contributed by atoms with Gasteiger partial charge in [-0.05, 0) is 41.6 Å². The molecular formula is C20H16O4S. The SMILES string of the molecule is Cc1ccc(S(=O)(=O)O)cc1Cc1cc2ccc3ccccc3c2o1. The molecule has 0 saturated carbocycles. The van der Waals surface area contributed by atoms with Crippen molar-refractivity contribution >= 4 is 31.9 Å². The number of benzene rings is 3. The summed E-state index contributed by atoms with van der Waals surface area (Å²) in [5.74, 6) is 0.752. The first-order valence-corrected chi connectivity index (χ1v) is 9.33. The third-order valence-electron chi connectivity index (χ3n) is 4.44. The standard InChI is InChI=1S/C20H16O4S/c1-13-6-9-18(25(21,22)23)12-16(13)11-17-10-15-8-7-14-4-2-3-5-19(14)20(15)24-17/h2-10,12H,11H2,1H3,(H,21,22,23). The molecule has 0 spiro atoms. The van der Waals surface area contributed by atoms with E-state index in [1.54, 1.807) is 6.07 Å². The van der Waals surface area contributed by atoms with Gasteiger partial charge < -0.3 is 4.42 Å². The van der Waals surface area contributed by atoms with E-state index in [1.165, 1.54) is 12.1 Å². The lowest BCUT2D eigenvalue weighted by Crippen LogP contribution is -2.00. The van der Waals surface area contributed by atoms with E-state index in [2.05, 4.69) is 6.07 Å². The van der Waals surface area contributed by atoms with Gasteiger partial charge in [0, 0.05) is 17.2 Å². The molecule has 4 nitrogen and oxygen atoms in total. The Hall–Kier alpha value is -2.63. The number of rotatable bonds is 3. The summed E-state index contributed by atoms with van der Waals surface area (Å²) >= 11 is 0. The van der Waals surface area contributed by atoms with Crippen molar-refractivity contribution in [2.75, 3.05) is 0 Å². The van der Waals surface area contributed by atoms with Gasteiger partial charge in [-0.2, -0.15) is 8.42 Å². The van der Waals surface area contributed by atoms with Crippen LogP contribution in [0.3, 0.4) is 0 Å². The van der Waals surface area contributed by atoms with E-state index in [0.717, 1.165) is 38.6 Å². The van der Waals surface area contributed by atoms with E-state index < -0.39 is 10.1 Å².